The van der Waals surface area contributed by atoms with Crippen LogP contribution < -0.4 is 5.32 Å². The van der Waals surface area contributed by atoms with E-state index in [-0.39, 0.29) is 0 Å². The first-order chi connectivity index (χ1) is 8.22. The van der Waals surface area contributed by atoms with E-state index in [4.69, 9.17) is 0 Å². The third-order valence-electron chi connectivity index (χ3n) is 3.38. The van der Waals surface area contributed by atoms with Crippen LogP contribution in [0.2, 0.25) is 0 Å². The average Bonchev–Trinajstić information content (AvgIpc) is 2.67. The SMILES string of the molecule is CNC(C)CCCc1nn(C)c2ccccc12. The molecular formula is C14H21N3. The summed E-state index contributed by atoms with van der Waals surface area (Å²) in [7, 11) is 4.03. The fourth-order valence-corrected chi connectivity index (χ4v) is 2.19. The molecule has 1 N–H and O–H groups in total. The van der Waals surface area contributed by atoms with Gasteiger partial charge in [-0.25, -0.2) is 0 Å². The Morgan fingerprint density at radius 2 is 2.12 bits per heavy atom. The zero-order valence-corrected chi connectivity index (χ0v) is 10.9. The maximum Gasteiger partial charge on any atom is 0.0703 e. The molecule has 2 aromatic rings. The van der Waals surface area contributed by atoms with Crippen molar-refractivity contribution in [2.45, 2.75) is 32.2 Å². The summed E-state index contributed by atoms with van der Waals surface area (Å²) < 4.78 is 1.98. The van der Waals surface area contributed by atoms with Crippen LogP contribution in [0.4, 0.5) is 0 Å². The summed E-state index contributed by atoms with van der Waals surface area (Å²) in [6.45, 7) is 2.22. The maximum atomic E-state index is 4.61. The van der Waals surface area contributed by atoms with Crippen molar-refractivity contribution >= 4 is 10.9 Å². The predicted molar refractivity (Wildman–Crippen MR) is 72.2 cm³/mol. The van der Waals surface area contributed by atoms with E-state index < -0.39 is 0 Å². The number of hydrogen-bond donors (Lipinski definition) is 1. The molecule has 0 aliphatic rings. The van der Waals surface area contributed by atoms with E-state index in [1.54, 1.807) is 0 Å². The summed E-state index contributed by atoms with van der Waals surface area (Å²) >= 11 is 0. The lowest BCUT2D eigenvalue weighted by Crippen LogP contribution is -2.20. The lowest BCUT2D eigenvalue weighted by molar-refractivity contribution is 0.539. The van der Waals surface area contributed by atoms with Gasteiger partial charge in [0.2, 0.25) is 0 Å². The number of benzene rings is 1. The highest BCUT2D eigenvalue weighted by Crippen LogP contribution is 2.19. The van der Waals surface area contributed by atoms with Gasteiger partial charge < -0.3 is 5.32 Å². The second kappa shape index (κ2) is 5.32. The molecule has 0 bridgehead atoms. The molecule has 0 spiro atoms. The van der Waals surface area contributed by atoms with Crippen LogP contribution in [0.25, 0.3) is 10.9 Å². The Kier molecular flexibility index (Phi) is 3.79. The standard InChI is InChI=1S/C14H21N3/c1-11(15-2)7-6-9-13-12-8-4-5-10-14(12)17(3)16-13/h4-5,8,10-11,15H,6-7,9H2,1-3H3. The molecule has 0 amide bonds. The number of nitrogens with one attached hydrogen (secondary N) is 1. The van der Waals surface area contributed by atoms with Gasteiger partial charge in [0.25, 0.3) is 0 Å². The third kappa shape index (κ3) is 2.67. The van der Waals surface area contributed by atoms with Crippen LogP contribution in [0, 0.1) is 0 Å². The third-order valence-corrected chi connectivity index (χ3v) is 3.38. The van der Waals surface area contributed by atoms with E-state index in [0.29, 0.717) is 6.04 Å². The first-order valence-corrected chi connectivity index (χ1v) is 6.30. The number of nitrogens with zero attached hydrogens (tertiary/aromatic N) is 2. The minimum Gasteiger partial charge on any atom is -0.317 e. The van der Waals surface area contributed by atoms with Crippen LogP contribution in [-0.4, -0.2) is 22.9 Å². The Morgan fingerprint density at radius 1 is 1.35 bits per heavy atom. The molecule has 1 heterocycles. The van der Waals surface area contributed by atoms with E-state index in [1.807, 2.05) is 18.8 Å². The lowest BCUT2D eigenvalue weighted by Gasteiger charge is -2.08. The second-order valence-electron chi connectivity index (χ2n) is 4.67. The van der Waals surface area contributed by atoms with Crippen molar-refractivity contribution in [1.29, 1.82) is 0 Å². The fourth-order valence-electron chi connectivity index (χ4n) is 2.19. The quantitative estimate of drug-likeness (QED) is 0.857. The van der Waals surface area contributed by atoms with Crippen molar-refractivity contribution in [1.82, 2.24) is 15.1 Å². The summed E-state index contributed by atoms with van der Waals surface area (Å²) in [6, 6.07) is 9.03. The Morgan fingerprint density at radius 3 is 2.88 bits per heavy atom. The monoisotopic (exact) mass is 231 g/mol. The molecular weight excluding hydrogens is 210 g/mol. The molecule has 2 rings (SSSR count). The van der Waals surface area contributed by atoms with Gasteiger partial charge in [-0.1, -0.05) is 18.2 Å². The number of aryl methyl sites for hydroxylation is 2. The van der Waals surface area contributed by atoms with Crippen molar-refractivity contribution in [3.05, 3.63) is 30.0 Å². The zero-order chi connectivity index (χ0) is 12.3. The van der Waals surface area contributed by atoms with E-state index in [0.717, 1.165) is 6.42 Å². The van der Waals surface area contributed by atoms with Crippen LogP contribution >= 0.6 is 0 Å². The van der Waals surface area contributed by atoms with E-state index in [2.05, 4.69) is 41.6 Å². The van der Waals surface area contributed by atoms with E-state index in [9.17, 15) is 0 Å². The topological polar surface area (TPSA) is 29.9 Å². The minimum absolute atomic E-state index is 0.588. The van der Waals surface area contributed by atoms with Crippen molar-refractivity contribution in [3.63, 3.8) is 0 Å². The van der Waals surface area contributed by atoms with Gasteiger partial charge in [-0.3, -0.25) is 4.68 Å². The zero-order valence-electron chi connectivity index (χ0n) is 10.9. The summed E-state index contributed by atoms with van der Waals surface area (Å²) in [6.07, 6.45) is 3.44. The largest absolute Gasteiger partial charge is 0.317 e. The smallest absolute Gasteiger partial charge is 0.0703 e. The number of rotatable bonds is 5. The normalized spacial score (nSPS) is 13.1. The minimum atomic E-state index is 0.588. The van der Waals surface area contributed by atoms with Gasteiger partial charge in [-0.2, -0.15) is 5.10 Å². The molecule has 1 aromatic carbocycles. The maximum absolute atomic E-state index is 4.61. The summed E-state index contributed by atoms with van der Waals surface area (Å²) in [5.74, 6) is 0. The van der Waals surface area contributed by atoms with Gasteiger partial charge in [0, 0.05) is 18.5 Å². The van der Waals surface area contributed by atoms with Gasteiger partial charge in [0.15, 0.2) is 0 Å². The predicted octanol–water partition coefficient (Wildman–Crippen LogP) is 2.50. The van der Waals surface area contributed by atoms with Crippen LogP contribution in [0.1, 0.15) is 25.5 Å². The van der Waals surface area contributed by atoms with E-state index in [1.165, 1.54) is 29.4 Å². The number of para-hydroxylation sites is 1. The molecule has 92 valence electrons. The molecule has 1 atom stereocenters. The molecule has 0 aliphatic heterocycles. The van der Waals surface area contributed by atoms with Crippen molar-refractivity contribution in [2.24, 2.45) is 7.05 Å². The van der Waals surface area contributed by atoms with Gasteiger partial charge in [0.05, 0.1) is 11.2 Å². The van der Waals surface area contributed by atoms with Gasteiger partial charge in [-0.05, 0) is 39.3 Å². The van der Waals surface area contributed by atoms with E-state index >= 15 is 0 Å². The second-order valence-corrected chi connectivity index (χ2v) is 4.67. The molecule has 17 heavy (non-hydrogen) atoms. The Labute approximate surface area is 103 Å². The van der Waals surface area contributed by atoms with Crippen LogP contribution in [0.15, 0.2) is 24.3 Å². The molecule has 1 unspecified atom stereocenters. The first-order valence-electron chi connectivity index (χ1n) is 6.30. The molecule has 0 aliphatic carbocycles. The molecule has 1 aromatic heterocycles. The van der Waals surface area contributed by atoms with Gasteiger partial charge in [-0.15, -0.1) is 0 Å². The van der Waals surface area contributed by atoms with Crippen LogP contribution in [-0.2, 0) is 13.5 Å². The number of hydrogen-bond acceptors (Lipinski definition) is 2. The Hall–Kier alpha value is -1.35. The highest BCUT2D eigenvalue weighted by atomic mass is 15.3. The Bertz CT molecular complexity index is 487. The van der Waals surface area contributed by atoms with Crippen molar-refractivity contribution < 1.29 is 0 Å². The highest BCUT2D eigenvalue weighted by molar-refractivity contribution is 5.81. The average molecular weight is 231 g/mol. The van der Waals surface area contributed by atoms with Gasteiger partial charge >= 0.3 is 0 Å². The lowest BCUT2D eigenvalue weighted by atomic mass is 10.1. The molecule has 0 fully saturated rings. The number of aromatic nitrogens is 2. The summed E-state index contributed by atoms with van der Waals surface area (Å²) in [4.78, 5) is 0. The molecule has 0 radical (unpaired) electrons. The van der Waals surface area contributed by atoms with Crippen molar-refractivity contribution in [3.8, 4) is 0 Å². The fraction of sp³-hybridized carbons (Fsp3) is 0.500. The highest BCUT2D eigenvalue weighted by Gasteiger charge is 2.07. The molecule has 0 saturated heterocycles. The summed E-state index contributed by atoms with van der Waals surface area (Å²) in [5.41, 5.74) is 2.45. The first kappa shape index (κ1) is 12.1. The molecule has 0 saturated carbocycles. The molecule has 3 nitrogen and oxygen atoms in total. The van der Waals surface area contributed by atoms with Crippen molar-refractivity contribution in [2.75, 3.05) is 7.05 Å². The number of fused-ring (bicyclic) bond motifs is 1. The van der Waals surface area contributed by atoms with Crippen LogP contribution in [0.5, 0.6) is 0 Å². The summed E-state index contributed by atoms with van der Waals surface area (Å²) in [5, 5.41) is 9.17. The molecule has 3 heteroatoms. The Balaban J connectivity index is 2.09. The van der Waals surface area contributed by atoms with Crippen LogP contribution in [0.3, 0.4) is 0 Å². The van der Waals surface area contributed by atoms with Gasteiger partial charge in [0.1, 0.15) is 0 Å².